The summed E-state index contributed by atoms with van der Waals surface area (Å²) < 4.78 is 11.1. The Morgan fingerprint density at radius 3 is 2.55 bits per heavy atom. The van der Waals surface area contributed by atoms with Gasteiger partial charge in [-0.3, -0.25) is 0 Å². The molecule has 0 fully saturated rings. The molecule has 2 rings (SSSR count). The summed E-state index contributed by atoms with van der Waals surface area (Å²) in [7, 11) is 3.35. The Morgan fingerprint density at radius 1 is 1.20 bits per heavy atom. The van der Waals surface area contributed by atoms with Crippen LogP contribution < -0.4 is 9.47 Å². The van der Waals surface area contributed by atoms with E-state index < -0.39 is 0 Å². The third-order valence-corrected chi connectivity index (χ3v) is 3.34. The fourth-order valence-electron chi connectivity index (χ4n) is 2.35. The highest BCUT2D eigenvalue weighted by molar-refractivity contribution is 5.90. The molecule has 0 saturated heterocycles. The number of fused-ring (bicyclic) bond motifs is 1. The number of benzene rings is 1. The van der Waals surface area contributed by atoms with Crippen LogP contribution in [0.25, 0.3) is 10.9 Å². The van der Waals surface area contributed by atoms with Gasteiger partial charge in [0.15, 0.2) is 0 Å². The molecule has 0 aliphatic rings. The first kappa shape index (κ1) is 14.4. The number of aromatic nitrogens is 1. The van der Waals surface area contributed by atoms with Crippen molar-refractivity contribution in [2.24, 2.45) is 0 Å². The van der Waals surface area contributed by atoms with Gasteiger partial charge in [0.2, 0.25) is 5.88 Å². The van der Waals surface area contributed by atoms with Gasteiger partial charge >= 0.3 is 0 Å². The first-order valence-electron chi connectivity index (χ1n) is 6.72. The maximum atomic E-state index is 5.66. The Balaban J connectivity index is 2.76. The van der Waals surface area contributed by atoms with Crippen LogP contribution in [0.3, 0.4) is 0 Å². The molecule has 20 heavy (non-hydrogen) atoms. The van der Waals surface area contributed by atoms with Crippen LogP contribution in [0.5, 0.6) is 11.6 Å². The first-order valence-corrected chi connectivity index (χ1v) is 6.72. The van der Waals surface area contributed by atoms with Crippen molar-refractivity contribution in [3.8, 4) is 11.6 Å². The standard InChI is InChI=1S/C17H21NO2/c1-11(2)9-10-13-16(19-4)15-12(3)7-6-8-14(15)18-17(13)20-5/h6-9H,10H2,1-5H3. The van der Waals surface area contributed by atoms with Gasteiger partial charge in [-0.25, -0.2) is 4.98 Å². The molecule has 0 bridgehead atoms. The van der Waals surface area contributed by atoms with Crippen LogP contribution in [0.4, 0.5) is 0 Å². The van der Waals surface area contributed by atoms with Crippen molar-refractivity contribution in [1.29, 1.82) is 0 Å². The van der Waals surface area contributed by atoms with Crippen molar-refractivity contribution < 1.29 is 9.47 Å². The molecule has 0 radical (unpaired) electrons. The van der Waals surface area contributed by atoms with Crippen LogP contribution in [0, 0.1) is 6.92 Å². The molecule has 3 nitrogen and oxygen atoms in total. The van der Waals surface area contributed by atoms with Crippen molar-refractivity contribution in [1.82, 2.24) is 4.98 Å². The number of pyridine rings is 1. The van der Waals surface area contributed by atoms with E-state index in [4.69, 9.17) is 9.47 Å². The van der Waals surface area contributed by atoms with Gasteiger partial charge in [-0.2, -0.15) is 0 Å². The number of aryl methyl sites for hydroxylation is 1. The Bertz CT molecular complexity index is 656. The van der Waals surface area contributed by atoms with Gasteiger partial charge in [-0.15, -0.1) is 0 Å². The normalized spacial score (nSPS) is 10.4. The van der Waals surface area contributed by atoms with E-state index in [1.54, 1.807) is 14.2 Å². The predicted molar refractivity (Wildman–Crippen MR) is 82.7 cm³/mol. The van der Waals surface area contributed by atoms with Crippen molar-refractivity contribution in [3.63, 3.8) is 0 Å². The molecule has 3 heteroatoms. The molecule has 1 heterocycles. The van der Waals surface area contributed by atoms with Crippen LogP contribution in [0.2, 0.25) is 0 Å². The SMILES string of the molecule is COc1nc2cccc(C)c2c(OC)c1CC=C(C)C. The number of rotatable bonds is 4. The van der Waals surface area contributed by atoms with E-state index in [0.29, 0.717) is 5.88 Å². The van der Waals surface area contributed by atoms with E-state index in [2.05, 4.69) is 37.9 Å². The van der Waals surface area contributed by atoms with Gasteiger partial charge in [0.1, 0.15) is 5.75 Å². The fraction of sp³-hybridized carbons (Fsp3) is 0.353. The van der Waals surface area contributed by atoms with Gasteiger partial charge in [0.25, 0.3) is 0 Å². The molecule has 106 valence electrons. The fourth-order valence-corrected chi connectivity index (χ4v) is 2.35. The Hall–Kier alpha value is -2.03. The number of hydrogen-bond acceptors (Lipinski definition) is 3. The van der Waals surface area contributed by atoms with Crippen molar-refractivity contribution in [3.05, 3.63) is 41.0 Å². The summed E-state index contributed by atoms with van der Waals surface area (Å²) in [5.41, 5.74) is 4.32. The summed E-state index contributed by atoms with van der Waals surface area (Å²) in [4.78, 5) is 4.61. The Morgan fingerprint density at radius 2 is 1.95 bits per heavy atom. The Labute approximate surface area is 120 Å². The minimum absolute atomic E-state index is 0.637. The smallest absolute Gasteiger partial charge is 0.220 e. The first-order chi connectivity index (χ1) is 9.58. The Kier molecular flexibility index (Phi) is 4.28. The topological polar surface area (TPSA) is 31.4 Å². The molecule has 0 atom stereocenters. The highest BCUT2D eigenvalue weighted by Gasteiger charge is 2.16. The highest BCUT2D eigenvalue weighted by Crippen LogP contribution is 2.36. The third-order valence-electron chi connectivity index (χ3n) is 3.34. The quantitative estimate of drug-likeness (QED) is 0.785. The summed E-state index contributed by atoms with van der Waals surface area (Å²) in [6.07, 6.45) is 2.91. The second kappa shape index (κ2) is 5.95. The predicted octanol–water partition coefficient (Wildman–Crippen LogP) is 4.07. The molecule has 2 aromatic rings. The van der Waals surface area contributed by atoms with Gasteiger partial charge in [0.05, 0.1) is 25.3 Å². The monoisotopic (exact) mass is 271 g/mol. The molecule has 0 N–H and O–H groups in total. The third kappa shape index (κ3) is 2.62. The van der Waals surface area contributed by atoms with Crippen molar-refractivity contribution >= 4 is 10.9 Å². The molecule has 0 amide bonds. The van der Waals surface area contributed by atoms with Crippen LogP contribution in [0.1, 0.15) is 25.0 Å². The summed E-state index contributed by atoms with van der Waals surface area (Å²) in [5, 5.41) is 1.06. The highest BCUT2D eigenvalue weighted by atomic mass is 16.5. The van der Waals surface area contributed by atoms with E-state index in [-0.39, 0.29) is 0 Å². The number of allylic oxidation sites excluding steroid dienone is 2. The molecule has 0 spiro atoms. The van der Waals surface area contributed by atoms with Gasteiger partial charge in [0, 0.05) is 5.39 Å². The largest absolute Gasteiger partial charge is 0.496 e. The summed E-state index contributed by atoms with van der Waals surface area (Å²) in [6.45, 7) is 6.24. The van der Waals surface area contributed by atoms with Crippen molar-refractivity contribution in [2.45, 2.75) is 27.2 Å². The molecule has 1 aromatic carbocycles. The van der Waals surface area contributed by atoms with Gasteiger partial charge in [-0.05, 0) is 38.8 Å². The van der Waals surface area contributed by atoms with E-state index in [9.17, 15) is 0 Å². The van der Waals surface area contributed by atoms with Gasteiger partial charge < -0.3 is 9.47 Å². The minimum atomic E-state index is 0.637. The number of nitrogens with zero attached hydrogens (tertiary/aromatic N) is 1. The second-order valence-electron chi connectivity index (χ2n) is 5.09. The maximum Gasteiger partial charge on any atom is 0.220 e. The zero-order valence-corrected chi connectivity index (χ0v) is 12.8. The van der Waals surface area contributed by atoms with Crippen LogP contribution >= 0.6 is 0 Å². The van der Waals surface area contributed by atoms with Crippen LogP contribution in [-0.4, -0.2) is 19.2 Å². The molecule has 1 aromatic heterocycles. The van der Waals surface area contributed by atoms with Crippen LogP contribution in [0.15, 0.2) is 29.8 Å². The average molecular weight is 271 g/mol. The molecular weight excluding hydrogens is 250 g/mol. The van der Waals surface area contributed by atoms with Crippen molar-refractivity contribution in [2.75, 3.05) is 14.2 Å². The summed E-state index contributed by atoms with van der Waals surface area (Å²) in [5.74, 6) is 1.50. The average Bonchev–Trinajstić information content (AvgIpc) is 2.43. The van der Waals surface area contributed by atoms with Crippen LogP contribution in [-0.2, 0) is 6.42 Å². The molecule has 0 saturated carbocycles. The molecule has 0 aliphatic heterocycles. The van der Waals surface area contributed by atoms with E-state index in [1.165, 1.54) is 5.57 Å². The zero-order valence-electron chi connectivity index (χ0n) is 12.8. The number of hydrogen-bond donors (Lipinski definition) is 0. The lowest BCUT2D eigenvalue weighted by atomic mass is 10.0. The molecule has 0 unspecified atom stereocenters. The summed E-state index contributed by atoms with van der Waals surface area (Å²) in [6, 6.07) is 6.06. The van der Waals surface area contributed by atoms with E-state index >= 15 is 0 Å². The van der Waals surface area contributed by atoms with E-state index in [0.717, 1.165) is 34.2 Å². The summed E-state index contributed by atoms with van der Waals surface area (Å²) >= 11 is 0. The minimum Gasteiger partial charge on any atom is -0.496 e. The molecule has 0 aliphatic carbocycles. The lowest BCUT2D eigenvalue weighted by Crippen LogP contribution is -2.01. The number of methoxy groups -OCH3 is 2. The second-order valence-corrected chi connectivity index (χ2v) is 5.09. The molecular formula is C17H21NO2. The number of ether oxygens (including phenoxy) is 2. The zero-order chi connectivity index (χ0) is 14.7. The lowest BCUT2D eigenvalue weighted by molar-refractivity contribution is 0.379. The van der Waals surface area contributed by atoms with Gasteiger partial charge in [-0.1, -0.05) is 23.8 Å². The maximum absolute atomic E-state index is 5.66. The lowest BCUT2D eigenvalue weighted by Gasteiger charge is -2.15. The van der Waals surface area contributed by atoms with E-state index in [1.807, 2.05) is 12.1 Å².